The van der Waals surface area contributed by atoms with E-state index in [0.717, 1.165) is 10.8 Å². The van der Waals surface area contributed by atoms with Crippen molar-refractivity contribution in [2.75, 3.05) is 25.6 Å². The van der Waals surface area contributed by atoms with Crippen LogP contribution in [0.4, 0.5) is 19.8 Å². The first kappa shape index (κ1) is 38.1. The molecule has 47 heavy (non-hydrogen) atoms. The van der Waals surface area contributed by atoms with E-state index in [9.17, 15) is 23.7 Å². The van der Waals surface area contributed by atoms with Crippen LogP contribution in [-0.4, -0.2) is 70.7 Å². The number of aliphatic hydroxyl groups excluding tert-OH is 1. The lowest BCUT2D eigenvalue weighted by molar-refractivity contribution is -0.0155. The molecule has 0 fully saturated rings. The van der Waals surface area contributed by atoms with Crippen molar-refractivity contribution in [1.82, 2.24) is 15.2 Å². The van der Waals surface area contributed by atoms with E-state index in [4.69, 9.17) is 29.9 Å². The fourth-order valence-corrected chi connectivity index (χ4v) is 6.28. The van der Waals surface area contributed by atoms with Gasteiger partial charge in [-0.1, -0.05) is 48.0 Å². The number of phosphoric acid groups is 1. The van der Waals surface area contributed by atoms with Crippen molar-refractivity contribution < 1.29 is 42.0 Å². The highest BCUT2D eigenvalue weighted by Gasteiger charge is 2.38. The molecular formula is C32H43ClFN4O8P. The van der Waals surface area contributed by atoms with Crippen molar-refractivity contribution in [3.63, 3.8) is 0 Å². The van der Waals surface area contributed by atoms with Gasteiger partial charge in [0.15, 0.2) is 0 Å². The number of fused-ring (bicyclic) bond motifs is 1. The van der Waals surface area contributed by atoms with E-state index in [1.807, 2.05) is 24.3 Å². The first-order valence-electron chi connectivity index (χ1n) is 14.9. The zero-order chi connectivity index (χ0) is 35.0. The quantitative estimate of drug-likeness (QED) is 0.157. The molecule has 0 saturated carbocycles. The SMILES string of the molecule is CN(C(=O)NCc1cccc(F)c1Cl)[C@H](COC(=O)Nc1cc2ccccc2cn1)C[C@@H](O)COP(=O)(OC(C)(C)C)OC(C)(C)C. The number of hydrogen-bond acceptors (Lipinski definition) is 9. The summed E-state index contributed by atoms with van der Waals surface area (Å²) in [7, 11) is -2.71. The van der Waals surface area contributed by atoms with Crippen molar-refractivity contribution in [2.45, 2.75) is 77.9 Å². The van der Waals surface area contributed by atoms with Crippen LogP contribution in [0.5, 0.6) is 0 Å². The minimum absolute atomic E-state index is 0.0927. The topological polar surface area (TPSA) is 149 Å². The second-order valence-corrected chi connectivity index (χ2v) is 14.7. The number of phosphoric ester groups is 1. The molecule has 0 radical (unpaired) electrons. The van der Waals surface area contributed by atoms with Crippen molar-refractivity contribution in [2.24, 2.45) is 0 Å². The van der Waals surface area contributed by atoms with Crippen LogP contribution < -0.4 is 10.6 Å². The maximum Gasteiger partial charge on any atom is 0.475 e. The average Bonchev–Trinajstić information content (AvgIpc) is 2.96. The second-order valence-electron chi connectivity index (χ2n) is 12.8. The predicted molar refractivity (Wildman–Crippen MR) is 178 cm³/mol. The smallest absolute Gasteiger partial charge is 0.447 e. The molecule has 3 N–H and O–H groups in total. The number of aliphatic hydroxyl groups is 1. The molecule has 0 aliphatic heterocycles. The Balaban J connectivity index is 1.71. The number of halogens is 2. The van der Waals surface area contributed by atoms with Crippen molar-refractivity contribution in [3.05, 3.63) is 71.1 Å². The highest BCUT2D eigenvalue weighted by molar-refractivity contribution is 7.48. The number of anilines is 1. The maximum absolute atomic E-state index is 13.9. The zero-order valence-electron chi connectivity index (χ0n) is 27.6. The maximum atomic E-state index is 13.9. The largest absolute Gasteiger partial charge is 0.475 e. The summed E-state index contributed by atoms with van der Waals surface area (Å²) in [5.41, 5.74) is -1.43. The van der Waals surface area contributed by atoms with E-state index in [1.165, 1.54) is 24.1 Å². The van der Waals surface area contributed by atoms with Crippen LogP contribution in [-0.2, 0) is 29.4 Å². The van der Waals surface area contributed by atoms with Crippen LogP contribution >= 0.6 is 19.4 Å². The van der Waals surface area contributed by atoms with Gasteiger partial charge in [0.25, 0.3) is 0 Å². The molecule has 15 heteroatoms. The standard InChI is InChI=1S/C32H43ClFN4O8P/c1-31(2,3)45-47(42,46-32(4,5)6)44-20-25(39)16-24(38(7)29(40)36-18-23-13-10-14-26(34)28(23)33)19-43-30(41)37-27-15-21-11-8-9-12-22(21)17-35-27/h8-15,17,24-25,39H,16,18-20H2,1-7H3,(H,36,40)(H,35,37,41)/t24-,25+/m0/s1. The minimum atomic E-state index is -4.14. The molecule has 0 aliphatic carbocycles. The number of amides is 3. The molecule has 12 nitrogen and oxygen atoms in total. The van der Waals surface area contributed by atoms with Crippen LogP contribution in [0, 0.1) is 5.82 Å². The predicted octanol–water partition coefficient (Wildman–Crippen LogP) is 7.29. The number of hydrogen-bond donors (Lipinski definition) is 3. The number of benzene rings is 2. The molecule has 1 aromatic heterocycles. The number of rotatable bonds is 13. The summed E-state index contributed by atoms with van der Waals surface area (Å²) in [5, 5.41) is 17.8. The first-order valence-corrected chi connectivity index (χ1v) is 16.7. The van der Waals surface area contributed by atoms with Crippen LogP contribution in [0.3, 0.4) is 0 Å². The van der Waals surface area contributed by atoms with Crippen LogP contribution in [0.15, 0.2) is 54.7 Å². The van der Waals surface area contributed by atoms with Gasteiger partial charge in [0.1, 0.15) is 18.2 Å². The first-order chi connectivity index (χ1) is 21.8. The summed E-state index contributed by atoms with van der Waals surface area (Å²) in [6.07, 6.45) is -0.705. The second kappa shape index (κ2) is 16.2. The van der Waals surface area contributed by atoms with Crippen LogP contribution in [0.25, 0.3) is 10.8 Å². The molecule has 0 unspecified atom stereocenters. The van der Waals surface area contributed by atoms with E-state index in [2.05, 4.69) is 15.6 Å². The number of nitrogens with zero attached hydrogens (tertiary/aromatic N) is 2. The summed E-state index contributed by atoms with van der Waals surface area (Å²) in [5.74, 6) is -0.374. The van der Waals surface area contributed by atoms with E-state index in [-0.39, 0.29) is 30.4 Å². The van der Waals surface area contributed by atoms with Gasteiger partial charge in [-0.2, -0.15) is 0 Å². The summed E-state index contributed by atoms with van der Waals surface area (Å²) in [4.78, 5) is 31.3. The van der Waals surface area contributed by atoms with Crippen molar-refractivity contribution in [1.29, 1.82) is 0 Å². The van der Waals surface area contributed by atoms with E-state index >= 15 is 0 Å². The third-order valence-corrected chi connectivity index (χ3v) is 8.77. The minimum Gasteiger partial charge on any atom is -0.447 e. The van der Waals surface area contributed by atoms with Crippen LogP contribution in [0.1, 0.15) is 53.5 Å². The Labute approximate surface area is 279 Å². The van der Waals surface area contributed by atoms with Gasteiger partial charge in [-0.3, -0.25) is 18.9 Å². The lowest BCUT2D eigenvalue weighted by Crippen LogP contribution is -2.47. The number of carbonyl (C=O) groups excluding carboxylic acids is 2. The number of carbonyl (C=O) groups is 2. The number of urea groups is 1. The third-order valence-electron chi connectivity index (χ3n) is 6.34. The van der Waals surface area contributed by atoms with Gasteiger partial charge < -0.3 is 20.1 Å². The van der Waals surface area contributed by atoms with E-state index in [0.29, 0.717) is 5.56 Å². The summed E-state index contributed by atoms with van der Waals surface area (Å²) < 4.78 is 49.5. The molecular weight excluding hydrogens is 654 g/mol. The van der Waals surface area contributed by atoms with E-state index < -0.39 is 55.7 Å². The Bertz CT molecular complexity index is 1560. The fourth-order valence-electron chi connectivity index (χ4n) is 4.25. The number of nitrogens with one attached hydrogen (secondary N) is 2. The lowest BCUT2D eigenvalue weighted by Gasteiger charge is -2.32. The van der Waals surface area contributed by atoms with Crippen molar-refractivity contribution in [3.8, 4) is 0 Å². The summed E-state index contributed by atoms with van der Waals surface area (Å²) >= 11 is 6.02. The number of aromatic nitrogens is 1. The van der Waals surface area contributed by atoms with Gasteiger partial charge in [-0.15, -0.1) is 0 Å². The Hall–Kier alpha value is -3.32. The molecule has 3 aromatic rings. The van der Waals surface area contributed by atoms with Gasteiger partial charge in [0.05, 0.1) is 35.0 Å². The molecule has 0 bridgehead atoms. The Morgan fingerprint density at radius 2 is 1.66 bits per heavy atom. The lowest BCUT2D eigenvalue weighted by atomic mass is 10.1. The van der Waals surface area contributed by atoms with Gasteiger partial charge in [-0.25, -0.2) is 23.5 Å². The normalized spacial score (nSPS) is 13.6. The van der Waals surface area contributed by atoms with Gasteiger partial charge in [0, 0.05) is 25.2 Å². The van der Waals surface area contributed by atoms with Gasteiger partial charge >= 0.3 is 19.9 Å². The average molecular weight is 697 g/mol. The number of ether oxygens (including phenoxy) is 1. The molecule has 0 saturated heterocycles. The molecule has 0 spiro atoms. The molecule has 0 aliphatic rings. The zero-order valence-corrected chi connectivity index (χ0v) is 29.2. The molecule has 258 valence electrons. The Morgan fingerprint density at radius 3 is 2.30 bits per heavy atom. The van der Waals surface area contributed by atoms with Gasteiger partial charge in [-0.05, 0) is 71.0 Å². The summed E-state index contributed by atoms with van der Waals surface area (Å²) in [6, 6.07) is 11.9. The van der Waals surface area contributed by atoms with Gasteiger partial charge in [0.2, 0.25) is 0 Å². The van der Waals surface area contributed by atoms with E-state index in [1.54, 1.807) is 59.9 Å². The molecule has 3 amide bonds. The van der Waals surface area contributed by atoms with Crippen molar-refractivity contribution >= 4 is 48.1 Å². The highest BCUT2D eigenvalue weighted by Crippen LogP contribution is 2.55. The molecule has 2 aromatic carbocycles. The monoisotopic (exact) mass is 696 g/mol. The van der Waals surface area contributed by atoms with Crippen LogP contribution in [0.2, 0.25) is 5.02 Å². The molecule has 3 rings (SSSR count). The fraction of sp³-hybridized carbons (Fsp3) is 0.469. The summed E-state index contributed by atoms with van der Waals surface area (Å²) in [6.45, 7) is 9.17. The molecule has 2 atom stereocenters. The highest BCUT2D eigenvalue weighted by atomic mass is 35.5. The third kappa shape index (κ3) is 12.7. The number of pyridine rings is 1. The Morgan fingerprint density at radius 1 is 1.02 bits per heavy atom. The molecule has 1 heterocycles. The number of likely N-dealkylation sites (N-methyl/N-ethyl adjacent to an activating group) is 1. The Kier molecular flexibility index (Phi) is 13.1.